The number of para-hydroxylation sites is 3. The minimum absolute atomic E-state index is 0.0348. The van der Waals surface area contributed by atoms with Gasteiger partial charge < -0.3 is 15.4 Å². The summed E-state index contributed by atoms with van der Waals surface area (Å²) in [7, 11) is 0. The molecular formula is C22H22N4O2. The first-order chi connectivity index (χ1) is 13.3. The number of imidazole rings is 1. The van der Waals surface area contributed by atoms with Crippen molar-refractivity contribution in [3.8, 4) is 6.07 Å². The Morgan fingerprint density at radius 3 is 2.54 bits per heavy atom. The molecule has 1 heterocycles. The van der Waals surface area contributed by atoms with Crippen molar-refractivity contribution in [3.05, 3.63) is 59.9 Å². The average Bonchev–Trinajstić information content (AvgIpc) is 3.09. The maximum atomic E-state index is 12.2. The van der Waals surface area contributed by atoms with E-state index in [4.69, 9.17) is 0 Å². The first kappa shape index (κ1) is 19.2. The molecule has 0 radical (unpaired) electrons. The molecule has 0 bridgehead atoms. The number of H-pyrrole nitrogens is 1. The molecule has 6 nitrogen and oxygen atoms in total. The van der Waals surface area contributed by atoms with E-state index in [0.717, 1.165) is 5.52 Å². The fourth-order valence-corrected chi connectivity index (χ4v) is 2.71. The van der Waals surface area contributed by atoms with Gasteiger partial charge in [-0.2, -0.15) is 5.26 Å². The largest absolute Gasteiger partial charge is 0.506 e. The molecule has 142 valence electrons. The van der Waals surface area contributed by atoms with Crippen LogP contribution >= 0.6 is 0 Å². The van der Waals surface area contributed by atoms with Crippen molar-refractivity contribution in [1.29, 1.82) is 5.26 Å². The number of ketones is 1. The Bertz CT molecular complexity index is 1060. The Morgan fingerprint density at radius 1 is 1.18 bits per heavy atom. The van der Waals surface area contributed by atoms with Crippen LogP contribution in [0.5, 0.6) is 0 Å². The second-order valence-electron chi connectivity index (χ2n) is 7.51. The van der Waals surface area contributed by atoms with Gasteiger partial charge in [-0.1, -0.05) is 45.0 Å². The molecule has 28 heavy (non-hydrogen) atoms. The normalized spacial score (nSPS) is 12.4. The molecule has 3 N–H and O–H groups in total. The number of fused-ring (bicyclic) bond motifs is 1. The third-order valence-corrected chi connectivity index (χ3v) is 4.43. The van der Waals surface area contributed by atoms with Gasteiger partial charge >= 0.3 is 0 Å². The maximum absolute atomic E-state index is 12.2. The number of nitrogens with one attached hydrogen (secondary N) is 2. The molecule has 0 saturated carbocycles. The van der Waals surface area contributed by atoms with Gasteiger partial charge in [0.1, 0.15) is 17.4 Å². The number of aliphatic hydroxyl groups excluding tert-OH is 1. The summed E-state index contributed by atoms with van der Waals surface area (Å²) in [6.07, 6.45) is 0. The minimum Gasteiger partial charge on any atom is -0.506 e. The number of Topliss-reactive ketones (excluding diaryl/α,β-unsaturated/α-hetero) is 1. The monoisotopic (exact) mass is 374 g/mol. The summed E-state index contributed by atoms with van der Waals surface area (Å²) in [5.74, 6) is 0.137. The highest BCUT2D eigenvalue weighted by Crippen LogP contribution is 2.29. The Balaban J connectivity index is 1.99. The van der Waals surface area contributed by atoms with Gasteiger partial charge in [0, 0.05) is 16.7 Å². The van der Waals surface area contributed by atoms with Gasteiger partial charge in [0.25, 0.3) is 0 Å². The van der Waals surface area contributed by atoms with Crippen molar-refractivity contribution in [1.82, 2.24) is 9.97 Å². The number of aromatic amines is 1. The average molecular weight is 374 g/mol. The standard InChI is InChI=1S/C22H22N4O2/c1-22(2,3)19(27)13-24-16-9-5-4-8-14(16)20(28)15(12-23)21-25-17-10-6-7-11-18(17)26-21/h4-11,24,28H,13H2,1-3H3,(H,25,26). The summed E-state index contributed by atoms with van der Waals surface area (Å²) < 4.78 is 0. The van der Waals surface area contributed by atoms with Crippen molar-refractivity contribution in [2.45, 2.75) is 20.8 Å². The third kappa shape index (κ3) is 3.89. The van der Waals surface area contributed by atoms with Crippen molar-refractivity contribution in [3.63, 3.8) is 0 Å². The molecule has 0 aliphatic carbocycles. The van der Waals surface area contributed by atoms with Gasteiger partial charge in [-0.15, -0.1) is 0 Å². The fourth-order valence-electron chi connectivity index (χ4n) is 2.71. The Labute approximate surface area is 163 Å². The number of rotatable bonds is 5. The number of nitriles is 1. The fraction of sp³-hybridized carbons (Fsp3) is 0.227. The summed E-state index contributed by atoms with van der Waals surface area (Å²) >= 11 is 0. The van der Waals surface area contributed by atoms with E-state index in [-0.39, 0.29) is 23.7 Å². The number of benzene rings is 2. The van der Waals surface area contributed by atoms with Crippen molar-refractivity contribution in [2.24, 2.45) is 5.41 Å². The maximum Gasteiger partial charge on any atom is 0.157 e. The van der Waals surface area contributed by atoms with Crippen LogP contribution in [0.1, 0.15) is 32.2 Å². The van der Waals surface area contributed by atoms with Crippen molar-refractivity contribution >= 4 is 33.8 Å². The van der Waals surface area contributed by atoms with Gasteiger partial charge in [-0.05, 0) is 24.3 Å². The molecule has 6 heteroatoms. The van der Waals surface area contributed by atoms with Crippen molar-refractivity contribution < 1.29 is 9.90 Å². The van der Waals surface area contributed by atoms with E-state index in [1.807, 2.05) is 51.1 Å². The Hall–Kier alpha value is -3.59. The van der Waals surface area contributed by atoms with Gasteiger partial charge in [0.05, 0.1) is 17.6 Å². The number of carbonyl (C=O) groups excluding carboxylic acids is 1. The lowest BCUT2D eigenvalue weighted by molar-refractivity contribution is -0.124. The smallest absolute Gasteiger partial charge is 0.157 e. The highest BCUT2D eigenvalue weighted by molar-refractivity contribution is 5.97. The topological polar surface area (TPSA) is 102 Å². The molecule has 3 rings (SSSR count). The molecule has 0 atom stereocenters. The molecule has 2 aromatic carbocycles. The van der Waals surface area contributed by atoms with Crippen LogP contribution in [0.2, 0.25) is 0 Å². The molecule has 3 aromatic rings. The molecular weight excluding hydrogens is 352 g/mol. The highest BCUT2D eigenvalue weighted by atomic mass is 16.3. The number of carbonyl (C=O) groups is 1. The van der Waals surface area contributed by atoms with Gasteiger partial charge in [-0.25, -0.2) is 4.98 Å². The highest BCUT2D eigenvalue weighted by Gasteiger charge is 2.22. The molecule has 0 amide bonds. The number of aliphatic hydroxyl groups is 1. The van der Waals surface area contributed by atoms with Crippen LogP contribution in [0.15, 0.2) is 48.5 Å². The Morgan fingerprint density at radius 2 is 1.86 bits per heavy atom. The van der Waals surface area contributed by atoms with Gasteiger partial charge in [0.2, 0.25) is 0 Å². The molecule has 0 aliphatic rings. The van der Waals surface area contributed by atoms with Gasteiger partial charge in [0.15, 0.2) is 11.6 Å². The molecule has 0 aliphatic heterocycles. The van der Waals surface area contributed by atoms with Crippen LogP contribution in [0.25, 0.3) is 22.4 Å². The number of nitrogens with zero attached hydrogens (tertiary/aromatic N) is 2. The van der Waals surface area contributed by atoms with E-state index in [0.29, 0.717) is 22.6 Å². The predicted octanol–water partition coefficient (Wildman–Crippen LogP) is 4.54. The summed E-state index contributed by atoms with van der Waals surface area (Å²) in [5.41, 5.74) is 2.06. The second kappa shape index (κ2) is 7.57. The predicted molar refractivity (Wildman–Crippen MR) is 111 cm³/mol. The quantitative estimate of drug-likeness (QED) is 0.449. The number of anilines is 1. The minimum atomic E-state index is -0.466. The summed E-state index contributed by atoms with van der Waals surface area (Å²) in [6, 6.07) is 16.4. The van der Waals surface area contributed by atoms with Gasteiger partial charge in [-0.3, -0.25) is 4.79 Å². The van der Waals surface area contributed by atoms with Crippen LogP contribution in [-0.2, 0) is 4.79 Å². The lowest BCUT2D eigenvalue weighted by Crippen LogP contribution is -2.27. The zero-order chi connectivity index (χ0) is 20.3. The lowest BCUT2D eigenvalue weighted by Gasteiger charge is -2.18. The summed E-state index contributed by atoms with van der Waals surface area (Å²) in [6.45, 7) is 5.70. The molecule has 0 spiro atoms. The number of aromatic nitrogens is 2. The molecule has 0 saturated heterocycles. The van der Waals surface area contributed by atoms with Crippen LogP contribution in [0, 0.1) is 16.7 Å². The van der Waals surface area contributed by atoms with Crippen LogP contribution in [0.4, 0.5) is 5.69 Å². The zero-order valence-electron chi connectivity index (χ0n) is 16.1. The molecule has 0 fully saturated rings. The first-order valence-corrected chi connectivity index (χ1v) is 8.96. The van der Waals surface area contributed by atoms with E-state index in [2.05, 4.69) is 15.3 Å². The molecule has 1 aromatic heterocycles. The third-order valence-electron chi connectivity index (χ3n) is 4.43. The number of hydrogen-bond donors (Lipinski definition) is 3. The number of hydrogen-bond acceptors (Lipinski definition) is 5. The van der Waals surface area contributed by atoms with E-state index in [1.54, 1.807) is 24.3 Å². The van der Waals surface area contributed by atoms with Crippen LogP contribution in [-0.4, -0.2) is 27.4 Å². The van der Waals surface area contributed by atoms with E-state index in [9.17, 15) is 15.2 Å². The van der Waals surface area contributed by atoms with Crippen molar-refractivity contribution in [2.75, 3.05) is 11.9 Å². The lowest BCUT2D eigenvalue weighted by atomic mass is 9.91. The first-order valence-electron chi connectivity index (χ1n) is 8.96. The van der Waals surface area contributed by atoms with Crippen LogP contribution < -0.4 is 5.32 Å². The van der Waals surface area contributed by atoms with E-state index in [1.165, 1.54) is 0 Å². The SMILES string of the molecule is CC(C)(C)C(=O)CNc1ccccc1C(O)=C(C#N)c1nc2ccccc2[nH]1. The van der Waals surface area contributed by atoms with Crippen LogP contribution in [0.3, 0.4) is 0 Å². The number of allylic oxidation sites excluding steroid dienone is 1. The summed E-state index contributed by atoms with van der Waals surface area (Å²) in [5, 5.41) is 23.6. The molecule has 0 unspecified atom stereocenters. The van der Waals surface area contributed by atoms with E-state index < -0.39 is 5.41 Å². The summed E-state index contributed by atoms with van der Waals surface area (Å²) in [4.78, 5) is 19.7. The zero-order valence-corrected chi connectivity index (χ0v) is 16.1. The Kier molecular flexibility index (Phi) is 5.18. The second-order valence-corrected chi connectivity index (χ2v) is 7.51. The van der Waals surface area contributed by atoms with E-state index >= 15 is 0 Å².